The quantitative estimate of drug-likeness (QED) is 0.544. The van der Waals surface area contributed by atoms with Crippen LogP contribution in [0.3, 0.4) is 0 Å². The summed E-state index contributed by atoms with van der Waals surface area (Å²) in [6.45, 7) is 4.63. The molecule has 1 saturated heterocycles. The molecule has 0 radical (unpaired) electrons. The molecule has 0 spiro atoms. The number of benzene rings is 1. The number of hydrogen-bond donors (Lipinski definition) is 0. The van der Waals surface area contributed by atoms with E-state index in [1.54, 1.807) is 7.11 Å². The average Bonchev–Trinajstić information content (AvgIpc) is 3.05. The predicted molar refractivity (Wildman–Crippen MR) is 97.9 cm³/mol. The number of methoxy groups -OCH3 is 1. The van der Waals surface area contributed by atoms with Crippen LogP contribution in [0.5, 0.6) is 5.75 Å². The van der Waals surface area contributed by atoms with E-state index in [1.165, 1.54) is 0 Å². The van der Waals surface area contributed by atoms with Gasteiger partial charge in [-0.1, -0.05) is 5.16 Å². The van der Waals surface area contributed by atoms with E-state index in [0.29, 0.717) is 0 Å². The van der Waals surface area contributed by atoms with Crippen molar-refractivity contribution in [1.82, 2.24) is 15.1 Å². The van der Waals surface area contributed by atoms with Crippen LogP contribution in [0.15, 0.2) is 40.0 Å². The summed E-state index contributed by atoms with van der Waals surface area (Å²) in [7, 11) is 1.66. The first kappa shape index (κ1) is 16.3. The molecule has 0 saturated carbocycles. The maximum Gasteiger partial charge on any atom is 0.151 e. The highest BCUT2D eigenvalue weighted by Gasteiger charge is 2.17. The Morgan fingerprint density at radius 2 is 2.00 bits per heavy atom. The fourth-order valence-electron chi connectivity index (χ4n) is 2.58. The lowest BCUT2D eigenvalue weighted by Gasteiger charge is -2.32. The van der Waals surface area contributed by atoms with E-state index < -0.39 is 0 Å². The standard InChI is InChI=1S/C16H19IN4O2/c1-22-14-4-2-13(3-5-14)16-10-15(23-19-16)11-20-6-8-21(9-7-20)18-12-17/h2-5,10,12H,6-9,11H2,1H3/b18-12+. The fourth-order valence-corrected chi connectivity index (χ4v) is 2.93. The van der Waals surface area contributed by atoms with E-state index in [0.717, 1.165) is 55.5 Å². The Morgan fingerprint density at radius 1 is 1.26 bits per heavy atom. The molecule has 1 aliphatic heterocycles. The van der Waals surface area contributed by atoms with Gasteiger partial charge in [-0.05, 0) is 46.9 Å². The Kier molecular flexibility index (Phi) is 5.50. The highest BCUT2D eigenvalue weighted by Crippen LogP contribution is 2.22. The minimum Gasteiger partial charge on any atom is -0.497 e. The third-order valence-corrected chi connectivity index (χ3v) is 4.13. The second-order valence-electron chi connectivity index (χ2n) is 5.35. The molecule has 0 aliphatic carbocycles. The first-order valence-electron chi connectivity index (χ1n) is 7.48. The number of hydrazone groups is 1. The molecule has 1 aromatic carbocycles. The normalized spacial score (nSPS) is 16.2. The molecule has 1 aliphatic rings. The van der Waals surface area contributed by atoms with Crippen LogP contribution in [0.25, 0.3) is 11.3 Å². The third-order valence-electron chi connectivity index (χ3n) is 3.88. The van der Waals surface area contributed by atoms with Crippen molar-refractivity contribution < 1.29 is 9.26 Å². The molecule has 1 fully saturated rings. The van der Waals surface area contributed by atoms with Gasteiger partial charge in [0.15, 0.2) is 5.76 Å². The Bertz CT molecular complexity index is 648. The van der Waals surface area contributed by atoms with Gasteiger partial charge in [-0.15, -0.1) is 0 Å². The molecule has 6 nitrogen and oxygen atoms in total. The lowest BCUT2D eigenvalue weighted by atomic mass is 10.1. The van der Waals surface area contributed by atoms with E-state index in [9.17, 15) is 0 Å². The van der Waals surface area contributed by atoms with Gasteiger partial charge in [0.1, 0.15) is 11.4 Å². The summed E-state index contributed by atoms with van der Waals surface area (Å²) in [6, 6.07) is 9.84. The number of halogens is 1. The molecule has 2 aromatic rings. The molecule has 2 heterocycles. The number of ether oxygens (including phenoxy) is 1. The molecule has 7 heteroatoms. The van der Waals surface area contributed by atoms with Crippen molar-refractivity contribution >= 4 is 26.8 Å². The van der Waals surface area contributed by atoms with Crippen LogP contribution in [0.4, 0.5) is 0 Å². The zero-order valence-electron chi connectivity index (χ0n) is 13.0. The third kappa shape index (κ3) is 4.23. The highest BCUT2D eigenvalue weighted by molar-refractivity contribution is 14.1. The summed E-state index contributed by atoms with van der Waals surface area (Å²) in [6.07, 6.45) is 0. The van der Waals surface area contributed by atoms with Gasteiger partial charge in [-0.2, -0.15) is 5.10 Å². The average molecular weight is 426 g/mol. The summed E-state index contributed by atoms with van der Waals surface area (Å²) in [5, 5.41) is 10.6. The van der Waals surface area contributed by atoms with Crippen molar-refractivity contribution in [2.45, 2.75) is 6.54 Å². The van der Waals surface area contributed by atoms with Crippen molar-refractivity contribution in [3.8, 4) is 17.0 Å². The summed E-state index contributed by atoms with van der Waals surface area (Å²) in [5.41, 5.74) is 1.89. The highest BCUT2D eigenvalue weighted by atomic mass is 127. The van der Waals surface area contributed by atoms with E-state index in [1.807, 2.05) is 34.6 Å². The van der Waals surface area contributed by atoms with E-state index in [-0.39, 0.29) is 0 Å². The van der Waals surface area contributed by atoms with Crippen molar-refractivity contribution in [3.63, 3.8) is 0 Å². The molecule has 0 atom stereocenters. The van der Waals surface area contributed by atoms with Crippen LogP contribution in [-0.4, -0.2) is 52.6 Å². The van der Waals surface area contributed by atoms with Gasteiger partial charge in [0.2, 0.25) is 0 Å². The minimum absolute atomic E-state index is 0.783. The Morgan fingerprint density at radius 3 is 2.65 bits per heavy atom. The van der Waals surface area contributed by atoms with E-state index >= 15 is 0 Å². The molecular formula is C16H19IN4O2. The molecule has 3 rings (SSSR count). The first-order chi connectivity index (χ1) is 11.3. The Balaban J connectivity index is 1.59. The summed E-state index contributed by atoms with van der Waals surface area (Å²) < 4.78 is 12.5. The SMILES string of the molecule is COc1ccc(-c2cc(CN3CCN(/N=C/I)CC3)on2)cc1. The Hall–Kier alpha value is -1.61. The second kappa shape index (κ2) is 7.78. The first-order valence-corrected chi connectivity index (χ1v) is 8.73. The molecule has 0 N–H and O–H groups in total. The molecule has 0 unspecified atom stereocenters. The zero-order valence-corrected chi connectivity index (χ0v) is 15.1. The molecule has 23 heavy (non-hydrogen) atoms. The zero-order chi connectivity index (χ0) is 16.1. The predicted octanol–water partition coefficient (Wildman–Crippen LogP) is 2.85. The maximum atomic E-state index is 5.49. The van der Waals surface area contributed by atoms with Gasteiger partial charge in [0, 0.05) is 37.8 Å². The van der Waals surface area contributed by atoms with Gasteiger partial charge in [-0.25, -0.2) is 0 Å². The van der Waals surface area contributed by atoms with Gasteiger partial charge < -0.3 is 9.26 Å². The van der Waals surface area contributed by atoms with Crippen molar-refractivity contribution in [2.24, 2.45) is 5.10 Å². The van der Waals surface area contributed by atoms with Crippen LogP contribution in [0, 0.1) is 0 Å². The lowest BCUT2D eigenvalue weighted by Crippen LogP contribution is -2.43. The molecule has 0 bridgehead atoms. The van der Waals surface area contributed by atoms with Crippen LogP contribution in [-0.2, 0) is 6.54 Å². The van der Waals surface area contributed by atoms with Crippen LogP contribution < -0.4 is 4.74 Å². The number of rotatable bonds is 5. The van der Waals surface area contributed by atoms with E-state index in [4.69, 9.17) is 9.26 Å². The molecular weight excluding hydrogens is 407 g/mol. The van der Waals surface area contributed by atoms with E-state index in [2.05, 4.69) is 42.8 Å². The minimum atomic E-state index is 0.783. The van der Waals surface area contributed by atoms with Crippen LogP contribution >= 0.6 is 22.6 Å². The summed E-state index contributed by atoms with van der Waals surface area (Å²) in [5.74, 6) is 1.73. The smallest absolute Gasteiger partial charge is 0.151 e. The van der Waals surface area contributed by atoms with Gasteiger partial charge in [-0.3, -0.25) is 9.91 Å². The number of aromatic nitrogens is 1. The largest absolute Gasteiger partial charge is 0.497 e. The summed E-state index contributed by atoms with van der Waals surface area (Å²) >= 11 is 2.15. The molecule has 122 valence electrons. The number of hydrogen-bond acceptors (Lipinski definition) is 6. The van der Waals surface area contributed by atoms with Gasteiger partial charge >= 0.3 is 0 Å². The Labute approximate surface area is 149 Å². The monoisotopic (exact) mass is 426 g/mol. The van der Waals surface area contributed by atoms with Crippen molar-refractivity contribution in [3.05, 3.63) is 36.1 Å². The topological polar surface area (TPSA) is 54.1 Å². The fraction of sp³-hybridized carbons (Fsp3) is 0.375. The maximum absolute atomic E-state index is 5.49. The molecule has 0 amide bonds. The van der Waals surface area contributed by atoms with Crippen molar-refractivity contribution in [2.75, 3.05) is 33.3 Å². The number of piperazine rings is 1. The van der Waals surface area contributed by atoms with Crippen LogP contribution in [0.2, 0.25) is 0 Å². The van der Waals surface area contributed by atoms with Crippen LogP contribution in [0.1, 0.15) is 5.76 Å². The second-order valence-corrected chi connectivity index (χ2v) is 5.91. The molecule has 1 aromatic heterocycles. The van der Waals surface area contributed by atoms with Crippen molar-refractivity contribution in [1.29, 1.82) is 0 Å². The lowest BCUT2D eigenvalue weighted by molar-refractivity contribution is 0.122. The van der Waals surface area contributed by atoms with Gasteiger partial charge in [0.05, 0.1) is 17.9 Å². The van der Waals surface area contributed by atoms with Gasteiger partial charge in [0.25, 0.3) is 0 Å². The summed E-state index contributed by atoms with van der Waals surface area (Å²) in [4.78, 5) is 2.36. The number of nitrogens with zero attached hydrogens (tertiary/aromatic N) is 4.